The van der Waals surface area contributed by atoms with Crippen LogP contribution in [-0.4, -0.2) is 66.9 Å². The normalized spacial score (nSPS) is 20.8. The molecule has 1 amide bonds. The number of aryl methyl sites for hydroxylation is 1. The van der Waals surface area contributed by atoms with Crippen LogP contribution in [0.5, 0.6) is 5.75 Å². The van der Waals surface area contributed by atoms with Gasteiger partial charge in [0, 0.05) is 40.8 Å². The third-order valence-electron chi connectivity index (χ3n) is 6.95. The van der Waals surface area contributed by atoms with Gasteiger partial charge in [-0.25, -0.2) is 18.4 Å². The zero-order valence-electron chi connectivity index (χ0n) is 20.6. The molecule has 37 heavy (non-hydrogen) atoms. The molecular weight excluding hydrogens is 514 g/mol. The summed E-state index contributed by atoms with van der Waals surface area (Å²) in [7, 11) is -1.43. The van der Waals surface area contributed by atoms with Crippen LogP contribution in [0, 0.1) is 12.8 Å². The van der Waals surface area contributed by atoms with Gasteiger partial charge in [0.15, 0.2) is 9.84 Å². The summed E-state index contributed by atoms with van der Waals surface area (Å²) in [6.07, 6.45) is 5.58. The smallest absolute Gasteiger partial charge is 0.248 e. The Hall–Kier alpha value is -3.21. The summed E-state index contributed by atoms with van der Waals surface area (Å²) in [6, 6.07) is 9.22. The number of sulfone groups is 1. The van der Waals surface area contributed by atoms with Crippen molar-refractivity contribution in [1.82, 2.24) is 14.9 Å². The van der Waals surface area contributed by atoms with Crippen LogP contribution in [0.25, 0.3) is 10.9 Å². The van der Waals surface area contributed by atoms with Crippen LogP contribution in [0.3, 0.4) is 0 Å². The molecule has 0 saturated carbocycles. The molecule has 5 rings (SSSR count). The van der Waals surface area contributed by atoms with E-state index in [-0.39, 0.29) is 29.4 Å². The molecule has 2 saturated heterocycles. The number of fused-ring (bicyclic) bond motifs is 2. The monoisotopic (exact) mass is 541 g/mol. The van der Waals surface area contributed by atoms with Crippen LogP contribution >= 0.6 is 11.6 Å². The number of hydrogen-bond donors (Lipinski definition) is 2. The number of likely N-dealkylation sites (tertiary alicyclic amines) is 1. The number of carbonyl (C=O) groups is 1. The van der Waals surface area contributed by atoms with E-state index in [9.17, 15) is 13.2 Å². The maximum Gasteiger partial charge on any atom is 0.248 e. The Kier molecular flexibility index (Phi) is 7.06. The summed E-state index contributed by atoms with van der Waals surface area (Å²) in [5.41, 5.74) is 2.88. The van der Waals surface area contributed by atoms with Gasteiger partial charge in [0.25, 0.3) is 0 Å². The molecule has 2 fully saturated rings. The minimum atomic E-state index is -2.95. The summed E-state index contributed by atoms with van der Waals surface area (Å²) in [5.74, 6) is 1.40. The standard InChI is InChI=1S/C26H28ClN5O4S/c1-16-5-6-18(10-20(16)27)30-26-19-11-22(24(36-2)12-21(19)28-15-29-26)31-25(33)4-3-8-32-9-7-17-13-37(34,35)14-23(17)32/h3-6,10-12,15,17,23H,7-9,13-14H2,1-2H3,(H,31,33)(H,28,29,30). The van der Waals surface area contributed by atoms with Crippen LogP contribution in [0.2, 0.25) is 5.02 Å². The summed E-state index contributed by atoms with van der Waals surface area (Å²) in [5, 5.41) is 7.49. The second kappa shape index (κ2) is 10.3. The Balaban J connectivity index is 1.32. The van der Waals surface area contributed by atoms with Gasteiger partial charge >= 0.3 is 0 Å². The van der Waals surface area contributed by atoms with Gasteiger partial charge in [-0.1, -0.05) is 23.7 Å². The van der Waals surface area contributed by atoms with E-state index in [1.807, 2.05) is 25.1 Å². The molecule has 1 aromatic heterocycles. The molecule has 3 aromatic rings. The Labute approximate surface area is 220 Å². The molecule has 0 bridgehead atoms. The lowest BCUT2D eigenvalue weighted by Crippen LogP contribution is -2.33. The number of carbonyl (C=O) groups excluding carboxylic acids is 1. The van der Waals surface area contributed by atoms with Crippen molar-refractivity contribution in [2.75, 3.05) is 42.3 Å². The number of halogens is 1. The zero-order valence-corrected chi connectivity index (χ0v) is 22.1. The molecule has 0 spiro atoms. The van der Waals surface area contributed by atoms with E-state index in [0.29, 0.717) is 39.7 Å². The van der Waals surface area contributed by atoms with Crippen molar-refractivity contribution in [1.29, 1.82) is 0 Å². The highest BCUT2D eigenvalue weighted by molar-refractivity contribution is 7.91. The average molecular weight is 542 g/mol. The number of methoxy groups -OCH3 is 1. The largest absolute Gasteiger partial charge is 0.494 e. The zero-order chi connectivity index (χ0) is 26.2. The third-order valence-corrected chi connectivity index (χ3v) is 9.14. The van der Waals surface area contributed by atoms with E-state index in [1.54, 1.807) is 18.2 Å². The molecule has 2 N–H and O–H groups in total. The molecule has 0 radical (unpaired) electrons. The summed E-state index contributed by atoms with van der Waals surface area (Å²) in [6.45, 7) is 3.31. The van der Waals surface area contributed by atoms with Crippen molar-refractivity contribution in [3.8, 4) is 5.75 Å². The molecule has 0 aliphatic carbocycles. The molecule has 11 heteroatoms. The van der Waals surface area contributed by atoms with E-state index in [0.717, 1.165) is 24.2 Å². The number of anilines is 3. The third kappa shape index (κ3) is 5.56. The van der Waals surface area contributed by atoms with E-state index >= 15 is 0 Å². The molecule has 2 aliphatic rings. The van der Waals surface area contributed by atoms with Gasteiger partial charge in [0.2, 0.25) is 5.91 Å². The van der Waals surface area contributed by atoms with Crippen molar-refractivity contribution in [3.05, 3.63) is 59.4 Å². The number of aromatic nitrogens is 2. The van der Waals surface area contributed by atoms with Gasteiger partial charge < -0.3 is 15.4 Å². The van der Waals surface area contributed by atoms with Crippen molar-refractivity contribution in [3.63, 3.8) is 0 Å². The molecule has 3 heterocycles. The van der Waals surface area contributed by atoms with E-state index in [4.69, 9.17) is 16.3 Å². The van der Waals surface area contributed by atoms with E-state index in [2.05, 4.69) is 25.5 Å². The summed E-state index contributed by atoms with van der Waals surface area (Å²) in [4.78, 5) is 23.6. The fourth-order valence-corrected chi connectivity index (χ4v) is 7.39. The predicted molar refractivity (Wildman–Crippen MR) is 145 cm³/mol. The number of ether oxygens (including phenoxy) is 1. The average Bonchev–Trinajstić information content (AvgIpc) is 3.36. The Morgan fingerprint density at radius 3 is 2.86 bits per heavy atom. The Bertz CT molecular complexity index is 1490. The van der Waals surface area contributed by atoms with Gasteiger partial charge in [-0.2, -0.15) is 0 Å². The molecule has 9 nitrogen and oxygen atoms in total. The van der Waals surface area contributed by atoms with Gasteiger partial charge in [0.1, 0.15) is 17.9 Å². The van der Waals surface area contributed by atoms with Crippen molar-refractivity contribution in [2.24, 2.45) is 5.92 Å². The highest BCUT2D eigenvalue weighted by atomic mass is 35.5. The highest BCUT2D eigenvalue weighted by Gasteiger charge is 2.44. The molecular formula is C26H28ClN5O4S. The fourth-order valence-electron chi connectivity index (χ4n) is 5.03. The quantitative estimate of drug-likeness (QED) is 0.432. The molecule has 2 aliphatic heterocycles. The number of nitrogens with one attached hydrogen (secondary N) is 2. The fraction of sp³-hybridized carbons (Fsp3) is 0.346. The van der Waals surface area contributed by atoms with Gasteiger partial charge in [0.05, 0.1) is 29.8 Å². The van der Waals surface area contributed by atoms with Crippen molar-refractivity contribution in [2.45, 2.75) is 19.4 Å². The van der Waals surface area contributed by atoms with Gasteiger partial charge in [-0.15, -0.1) is 0 Å². The number of nitrogens with zero attached hydrogens (tertiary/aromatic N) is 3. The number of benzene rings is 2. The SMILES string of the molecule is COc1cc2ncnc(Nc3ccc(C)c(Cl)c3)c2cc1NC(=O)C=CCN1CCC2CS(=O)(=O)CC21. The molecule has 2 atom stereocenters. The number of hydrogen-bond acceptors (Lipinski definition) is 8. The second-order valence-corrected chi connectivity index (χ2v) is 12.0. The second-order valence-electron chi connectivity index (χ2n) is 9.46. The van der Waals surface area contributed by atoms with Crippen molar-refractivity contribution >= 4 is 55.4 Å². The summed E-state index contributed by atoms with van der Waals surface area (Å²) >= 11 is 6.27. The highest BCUT2D eigenvalue weighted by Crippen LogP contribution is 2.34. The lowest BCUT2D eigenvalue weighted by atomic mass is 10.1. The lowest BCUT2D eigenvalue weighted by molar-refractivity contribution is -0.111. The van der Waals surface area contributed by atoms with Crippen LogP contribution in [0.4, 0.5) is 17.2 Å². The summed E-state index contributed by atoms with van der Waals surface area (Å²) < 4.78 is 29.4. The maximum absolute atomic E-state index is 12.7. The topological polar surface area (TPSA) is 114 Å². The Morgan fingerprint density at radius 2 is 2.08 bits per heavy atom. The minimum Gasteiger partial charge on any atom is -0.494 e. The van der Waals surface area contributed by atoms with Gasteiger partial charge in [-0.05, 0) is 49.6 Å². The lowest BCUT2D eigenvalue weighted by Gasteiger charge is -2.20. The Morgan fingerprint density at radius 1 is 1.24 bits per heavy atom. The first-order valence-electron chi connectivity index (χ1n) is 12.0. The number of amides is 1. The van der Waals surface area contributed by atoms with Gasteiger partial charge in [-0.3, -0.25) is 9.69 Å². The minimum absolute atomic E-state index is 0.0487. The first-order chi connectivity index (χ1) is 17.7. The van der Waals surface area contributed by atoms with Crippen LogP contribution in [-0.2, 0) is 14.6 Å². The van der Waals surface area contributed by atoms with Crippen LogP contribution in [0.15, 0.2) is 48.8 Å². The van der Waals surface area contributed by atoms with E-state index in [1.165, 1.54) is 19.5 Å². The molecule has 2 aromatic carbocycles. The van der Waals surface area contributed by atoms with Crippen molar-refractivity contribution < 1.29 is 17.9 Å². The first kappa shape index (κ1) is 25.4. The first-order valence-corrected chi connectivity index (χ1v) is 14.2. The maximum atomic E-state index is 12.7. The number of rotatable bonds is 7. The molecule has 194 valence electrons. The van der Waals surface area contributed by atoms with Crippen LogP contribution in [0.1, 0.15) is 12.0 Å². The predicted octanol–water partition coefficient (Wildman–Crippen LogP) is 3.96. The van der Waals surface area contributed by atoms with Crippen LogP contribution < -0.4 is 15.4 Å². The van der Waals surface area contributed by atoms with E-state index < -0.39 is 9.84 Å². The molecule has 2 unspecified atom stereocenters.